The molecule has 0 aliphatic heterocycles. The van der Waals surface area contributed by atoms with Crippen molar-refractivity contribution in [3.05, 3.63) is 47.3 Å². The molecule has 0 spiro atoms. The molecule has 4 heteroatoms. The van der Waals surface area contributed by atoms with Crippen molar-refractivity contribution >= 4 is 11.6 Å². The second-order valence-corrected chi connectivity index (χ2v) is 3.33. The molecule has 0 fully saturated rings. The number of rotatable bonds is 4. The van der Waals surface area contributed by atoms with E-state index >= 15 is 0 Å². The molecule has 14 heavy (non-hydrogen) atoms. The van der Waals surface area contributed by atoms with E-state index in [0.29, 0.717) is 12.0 Å². The van der Waals surface area contributed by atoms with E-state index < -0.39 is 5.82 Å². The quantitative estimate of drug-likeness (QED) is 0.457. The lowest BCUT2D eigenvalue weighted by Crippen LogP contribution is -2.35. The maximum Gasteiger partial charge on any atom is 0.145 e. The summed E-state index contributed by atoms with van der Waals surface area (Å²) in [5.41, 5.74) is 3.05. The first-order valence-corrected chi connectivity index (χ1v) is 4.58. The third-order valence-corrected chi connectivity index (χ3v) is 2.26. The van der Waals surface area contributed by atoms with Gasteiger partial charge in [-0.25, -0.2) is 4.39 Å². The fraction of sp³-hybridized carbons (Fsp3) is 0.200. The number of halogens is 2. The van der Waals surface area contributed by atoms with Crippen LogP contribution in [0.3, 0.4) is 0 Å². The number of hydrazine groups is 1. The predicted octanol–water partition coefficient (Wildman–Crippen LogP) is 2.04. The number of nitrogens with two attached hydrogens (primary N) is 1. The van der Waals surface area contributed by atoms with Gasteiger partial charge in [0.15, 0.2) is 0 Å². The normalized spacial score (nSPS) is 12.5. The van der Waals surface area contributed by atoms with E-state index in [1.807, 2.05) is 0 Å². The predicted molar refractivity (Wildman–Crippen MR) is 56.4 cm³/mol. The molecule has 0 saturated heterocycles. The lowest BCUT2D eigenvalue weighted by Gasteiger charge is -2.11. The Balaban J connectivity index is 2.85. The molecule has 76 valence electrons. The fourth-order valence-electron chi connectivity index (χ4n) is 1.15. The van der Waals surface area contributed by atoms with Gasteiger partial charge < -0.3 is 0 Å². The lowest BCUT2D eigenvalue weighted by atomic mass is 10.1. The Morgan fingerprint density at radius 2 is 2.36 bits per heavy atom. The molecule has 1 unspecified atom stereocenters. The fourth-order valence-corrected chi connectivity index (χ4v) is 1.35. The minimum atomic E-state index is -0.392. The van der Waals surface area contributed by atoms with E-state index in [2.05, 4.69) is 12.0 Å². The van der Waals surface area contributed by atoms with Gasteiger partial charge in [0, 0.05) is 6.04 Å². The first-order chi connectivity index (χ1) is 6.69. The second-order valence-electron chi connectivity index (χ2n) is 2.93. The zero-order chi connectivity index (χ0) is 10.6. The highest BCUT2D eigenvalue weighted by Gasteiger charge is 2.09. The summed E-state index contributed by atoms with van der Waals surface area (Å²) in [6, 6.07) is 4.74. The number of hydrogen-bond acceptors (Lipinski definition) is 2. The maximum absolute atomic E-state index is 13.4. The van der Waals surface area contributed by atoms with Crippen LogP contribution in [0.5, 0.6) is 0 Å². The molecule has 0 aliphatic rings. The van der Waals surface area contributed by atoms with Crippen LogP contribution < -0.4 is 11.3 Å². The standard InChI is InChI=1S/C10H12ClFN2/c1-2-8(14-13)6-7-4-3-5-9(11)10(7)12/h2-5,8,14H,1,6,13H2. The zero-order valence-corrected chi connectivity index (χ0v) is 8.39. The molecule has 3 N–H and O–H groups in total. The first kappa shape index (κ1) is 11.2. The largest absolute Gasteiger partial charge is 0.271 e. The Kier molecular flexibility index (Phi) is 4.07. The van der Waals surface area contributed by atoms with E-state index in [1.165, 1.54) is 6.07 Å². The monoisotopic (exact) mass is 214 g/mol. The summed E-state index contributed by atoms with van der Waals surface area (Å²) in [6.07, 6.45) is 2.06. The molecule has 0 bridgehead atoms. The Bertz CT molecular complexity index is 328. The van der Waals surface area contributed by atoms with Crippen molar-refractivity contribution in [2.24, 2.45) is 5.84 Å². The van der Waals surface area contributed by atoms with Crippen LogP contribution in [-0.4, -0.2) is 6.04 Å². The van der Waals surface area contributed by atoms with Gasteiger partial charge in [0.1, 0.15) is 5.82 Å². The summed E-state index contributed by atoms with van der Waals surface area (Å²) in [7, 11) is 0. The van der Waals surface area contributed by atoms with Gasteiger partial charge in [0.05, 0.1) is 5.02 Å². The number of nitrogens with one attached hydrogen (secondary N) is 1. The van der Waals surface area contributed by atoms with Crippen LogP contribution in [0.1, 0.15) is 5.56 Å². The molecule has 0 amide bonds. The van der Waals surface area contributed by atoms with Crippen LogP contribution in [-0.2, 0) is 6.42 Å². The highest BCUT2D eigenvalue weighted by atomic mass is 35.5. The molecule has 1 aromatic carbocycles. The molecular weight excluding hydrogens is 203 g/mol. The van der Waals surface area contributed by atoms with Crippen LogP contribution in [0, 0.1) is 5.82 Å². The third-order valence-electron chi connectivity index (χ3n) is 1.97. The van der Waals surface area contributed by atoms with Crippen molar-refractivity contribution in [3.8, 4) is 0 Å². The van der Waals surface area contributed by atoms with Crippen LogP contribution in [0.25, 0.3) is 0 Å². The van der Waals surface area contributed by atoms with Gasteiger partial charge in [-0.05, 0) is 18.1 Å². The Hall–Kier alpha value is -0.900. The Morgan fingerprint density at radius 1 is 1.64 bits per heavy atom. The molecule has 0 radical (unpaired) electrons. The minimum absolute atomic E-state index is 0.127. The molecule has 1 atom stereocenters. The van der Waals surface area contributed by atoms with Gasteiger partial charge in [-0.3, -0.25) is 11.3 Å². The van der Waals surface area contributed by atoms with Crippen molar-refractivity contribution < 1.29 is 4.39 Å². The van der Waals surface area contributed by atoms with Gasteiger partial charge in [-0.15, -0.1) is 6.58 Å². The summed E-state index contributed by atoms with van der Waals surface area (Å²) in [6.45, 7) is 3.58. The van der Waals surface area contributed by atoms with E-state index in [0.717, 1.165) is 0 Å². The average molecular weight is 215 g/mol. The topological polar surface area (TPSA) is 38.0 Å². The van der Waals surface area contributed by atoms with Gasteiger partial charge in [0.25, 0.3) is 0 Å². The van der Waals surface area contributed by atoms with E-state index in [4.69, 9.17) is 17.4 Å². The minimum Gasteiger partial charge on any atom is -0.271 e. The van der Waals surface area contributed by atoms with Gasteiger partial charge in [-0.2, -0.15) is 0 Å². The van der Waals surface area contributed by atoms with Crippen LogP contribution in [0.4, 0.5) is 4.39 Å². The zero-order valence-electron chi connectivity index (χ0n) is 7.63. The average Bonchev–Trinajstić information content (AvgIpc) is 2.20. The van der Waals surface area contributed by atoms with Gasteiger partial charge in [0.2, 0.25) is 0 Å². The summed E-state index contributed by atoms with van der Waals surface area (Å²) in [5, 5.41) is 0.127. The van der Waals surface area contributed by atoms with Crippen LogP contribution >= 0.6 is 11.6 Å². The van der Waals surface area contributed by atoms with Crippen LogP contribution in [0.15, 0.2) is 30.9 Å². The van der Waals surface area contributed by atoms with Crippen LogP contribution in [0.2, 0.25) is 5.02 Å². The summed E-state index contributed by atoms with van der Waals surface area (Å²) < 4.78 is 13.4. The molecule has 1 aromatic rings. The molecule has 0 heterocycles. The SMILES string of the molecule is C=CC(Cc1cccc(Cl)c1F)NN. The lowest BCUT2D eigenvalue weighted by molar-refractivity contribution is 0.571. The van der Waals surface area contributed by atoms with Crippen molar-refractivity contribution in [3.63, 3.8) is 0 Å². The first-order valence-electron chi connectivity index (χ1n) is 4.20. The summed E-state index contributed by atoms with van der Waals surface area (Å²) >= 11 is 5.63. The second kappa shape index (κ2) is 5.10. The van der Waals surface area contributed by atoms with Gasteiger partial charge >= 0.3 is 0 Å². The van der Waals surface area contributed by atoms with Crippen molar-refractivity contribution in [2.75, 3.05) is 0 Å². The molecule has 0 saturated carbocycles. The summed E-state index contributed by atoms with van der Waals surface area (Å²) in [4.78, 5) is 0. The molecular formula is C10H12ClFN2. The maximum atomic E-state index is 13.4. The number of hydrogen-bond donors (Lipinski definition) is 2. The molecule has 0 aromatic heterocycles. The highest BCUT2D eigenvalue weighted by Crippen LogP contribution is 2.18. The molecule has 0 aliphatic carbocycles. The van der Waals surface area contributed by atoms with Gasteiger partial charge in [-0.1, -0.05) is 29.8 Å². The Labute approximate surface area is 87.5 Å². The summed E-state index contributed by atoms with van der Waals surface area (Å²) in [5.74, 6) is 4.85. The van der Waals surface area contributed by atoms with Crippen molar-refractivity contribution in [2.45, 2.75) is 12.5 Å². The van der Waals surface area contributed by atoms with E-state index in [1.54, 1.807) is 18.2 Å². The highest BCUT2D eigenvalue weighted by molar-refractivity contribution is 6.30. The van der Waals surface area contributed by atoms with Crippen molar-refractivity contribution in [1.29, 1.82) is 0 Å². The number of benzene rings is 1. The van der Waals surface area contributed by atoms with Crippen molar-refractivity contribution in [1.82, 2.24) is 5.43 Å². The third kappa shape index (κ3) is 2.54. The van der Waals surface area contributed by atoms with E-state index in [-0.39, 0.29) is 11.1 Å². The smallest absolute Gasteiger partial charge is 0.145 e. The Morgan fingerprint density at radius 3 is 2.93 bits per heavy atom. The molecule has 2 nitrogen and oxygen atoms in total. The van der Waals surface area contributed by atoms with E-state index in [9.17, 15) is 4.39 Å². The molecule has 1 rings (SSSR count).